The molecule has 0 aliphatic rings. The molecule has 0 aliphatic carbocycles. The van der Waals surface area contributed by atoms with Crippen molar-refractivity contribution >= 4 is 0 Å². The molecule has 0 amide bonds. The van der Waals surface area contributed by atoms with Crippen LogP contribution >= 0.6 is 0 Å². The number of hydrogen-bond acceptors (Lipinski definition) is 1. The lowest BCUT2D eigenvalue weighted by Gasteiger charge is -2.28. The molecular weight excluding hydrogens is 458 g/mol. The molecule has 0 atom stereocenters. The van der Waals surface area contributed by atoms with E-state index in [9.17, 15) is 0 Å². The highest BCUT2D eigenvalue weighted by Gasteiger charge is 2.24. The van der Waals surface area contributed by atoms with Gasteiger partial charge in [-0.1, -0.05) is 134 Å². The van der Waals surface area contributed by atoms with Crippen molar-refractivity contribution in [3.63, 3.8) is 0 Å². The van der Waals surface area contributed by atoms with E-state index in [4.69, 9.17) is 5.26 Å². The number of hydrogen-bond donors (Lipinski definition) is 0. The first-order valence-electron chi connectivity index (χ1n) is 13.6. The molecule has 0 fully saturated rings. The van der Waals surface area contributed by atoms with Gasteiger partial charge in [-0.3, -0.25) is 0 Å². The maximum Gasteiger partial charge on any atom is 0.0991 e. The van der Waals surface area contributed by atoms with Gasteiger partial charge in [0.2, 0.25) is 0 Å². The molecule has 0 radical (unpaired) electrons. The van der Waals surface area contributed by atoms with Crippen LogP contribution in [0.2, 0.25) is 0 Å². The van der Waals surface area contributed by atoms with Crippen molar-refractivity contribution in [3.05, 3.63) is 119 Å². The van der Waals surface area contributed by atoms with E-state index in [1.807, 2.05) is 24.3 Å². The first-order valence-corrected chi connectivity index (χ1v) is 13.6. The molecule has 0 heterocycles. The highest BCUT2D eigenvalue weighted by molar-refractivity contribution is 5.67. The molecule has 0 bridgehead atoms. The first-order chi connectivity index (χ1) is 17.8. The summed E-state index contributed by atoms with van der Waals surface area (Å²) in [6.45, 7) is 18.4. The van der Waals surface area contributed by atoms with E-state index in [0.717, 1.165) is 12.0 Å². The zero-order valence-corrected chi connectivity index (χ0v) is 24.3. The Hall–Kier alpha value is -3.63. The SMILES string of the molecule is CC(C)(C)c1ccc(-c2cc(CC(C)(C)c3cccc(-c4ccc(C#N)cc4)c3)cc(C(C)(C)C)c2)cc1. The summed E-state index contributed by atoms with van der Waals surface area (Å²) >= 11 is 0. The van der Waals surface area contributed by atoms with E-state index >= 15 is 0 Å². The van der Waals surface area contributed by atoms with Crippen LogP contribution in [0.1, 0.15) is 83.2 Å². The standard InChI is InChI=1S/C37H41N/c1-35(2,3)32-18-16-29(17-19-32)31-20-27(21-34(23-31)36(4,5)6)24-37(7,8)33-11-9-10-30(22-33)28-14-12-26(25-38)13-15-28/h9-23H,24H2,1-8H3. The Morgan fingerprint density at radius 2 is 1.08 bits per heavy atom. The highest BCUT2D eigenvalue weighted by atomic mass is 14.3. The largest absolute Gasteiger partial charge is 0.192 e. The number of rotatable bonds is 5. The van der Waals surface area contributed by atoms with E-state index in [1.165, 1.54) is 38.9 Å². The van der Waals surface area contributed by atoms with E-state index in [-0.39, 0.29) is 16.2 Å². The summed E-state index contributed by atoms with van der Waals surface area (Å²) in [5, 5.41) is 9.15. The topological polar surface area (TPSA) is 23.8 Å². The lowest BCUT2D eigenvalue weighted by Crippen LogP contribution is -2.21. The number of nitriles is 1. The van der Waals surface area contributed by atoms with Crippen LogP contribution in [0.25, 0.3) is 22.3 Å². The molecule has 0 saturated carbocycles. The van der Waals surface area contributed by atoms with Crippen molar-refractivity contribution in [1.82, 2.24) is 0 Å². The summed E-state index contributed by atoms with van der Waals surface area (Å²) in [5.74, 6) is 0. The molecule has 194 valence electrons. The van der Waals surface area contributed by atoms with Gasteiger partial charge in [-0.05, 0) is 79.3 Å². The summed E-state index contributed by atoms with van der Waals surface area (Å²) in [5.41, 5.74) is 11.1. The molecule has 4 aromatic carbocycles. The first kappa shape index (κ1) is 27.4. The molecule has 38 heavy (non-hydrogen) atoms. The average Bonchev–Trinajstić information content (AvgIpc) is 2.87. The van der Waals surface area contributed by atoms with Gasteiger partial charge in [0.15, 0.2) is 0 Å². The van der Waals surface area contributed by atoms with Crippen molar-refractivity contribution in [3.8, 4) is 28.3 Å². The summed E-state index contributed by atoms with van der Waals surface area (Å²) < 4.78 is 0. The molecule has 4 rings (SSSR count). The normalized spacial score (nSPS) is 12.3. The van der Waals surface area contributed by atoms with Gasteiger partial charge in [-0.25, -0.2) is 0 Å². The predicted octanol–water partition coefficient (Wildman–Crippen LogP) is 10.0. The zero-order valence-electron chi connectivity index (χ0n) is 24.3. The van der Waals surface area contributed by atoms with Crippen LogP contribution in [-0.2, 0) is 22.7 Å². The Bertz CT molecular complexity index is 1450. The number of benzene rings is 4. The predicted molar refractivity (Wildman–Crippen MR) is 163 cm³/mol. The molecule has 0 unspecified atom stereocenters. The summed E-state index contributed by atoms with van der Waals surface area (Å²) in [6.07, 6.45) is 0.945. The van der Waals surface area contributed by atoms with Crippen LogP contribution in [0, 0.1) is 11.3 Å². The van der Waals surface area contributed by atoms with E-state index < -0.39 is 0 Å². The van der Waals surface area contributed by atoms with Crippen LogP contribution in [0.4, 0.5) is 0 Å². The lowest BCUT2D eigenvalue weighted by molar-refractivity contribution is 0.520. The van der Waals surface area contributed by atoms with Gasteiger partial charge in [0.25, 0.3) is 0 Å². The average molecular weight is 500 g/mol. The summed E-state index contributed by atoms with van der Waals surface area (Å²) in [6, 6.07) is 35.2. The van der Waals surface area contributed by atoms with Gasteiger partial charge in [-0.15, -0.1) is 0 Å². The van der Waals surface area contributed by atoms with Crippen LogP contribution in [0.5, 0.6) is 0 Å². The molecule has 0 spiro atoms. The fourth-order valence-electron chi connectivity index (χ4n) is 5.03. The minimum atomic E-state index is -0.0491. The molecule has 0 saturated heterocycles. The minimum Gasteiger partial charge on any atom is -0.192 e. The van der Waals surface area contributed by atoms with Crippen molar-refractivity contribution in [2.45, 2.75) is 78.1 Å². The molecule has 1 heteroatoms. The van der Waals surface area contributed by atoms with E-state index in [0.29, 0.717) is 5.56 Å². The Morgan fingerprint density at radius 1 is 0.526 bits per heavy atom. The third-order valence-corrected chi connectivity index (χ3v) is 7.58. The van der Waals surface area contributed by atoms with Gasteiger partial charge in [0, 0.05) is 0 Å². The molecular formula is C37H41N. The molecule has 4 aromatic rings. The molecule has 0 aliphatic heterocycles. The molecule has 1 nitrogen and oxygen atoms in total. The Labute approximate surface area is 230 Å². The van der Waals surface area contributed by atoms with Gasteiger partial charge in [0.1, 0.15) is 0 Å². The van der Waals surface area contributed by atoms with Crippen LogP contribution < -0.4 is 0 Å². The van der Waals surface area contributed by atoms with Crippen molar-refractivity contribution < 1.29 is 0 Å². The Balaban J connectivity index is 1.69. The van der Waals surface area contributed by atoms with Crippen molar-refractivity contribution in [2.24, 2.45) is 0 Å². The zero-order chi connectivity index (χ0) is 27.7. The number of nitrogens with zero attached hydrogens (tertiary/aromatic N) is 1. The monoisotopic (exact) mass is 499 g/mol. The maximum absolute atomic E-state index is 9.15. The van der Waals surface area contributed by atoms with Crippen LogP contribution in [0.3, 0.4) is 0 Å². The summed E-state index contributed by atoms with van der Waals surface area (Å²) in [7, 11) is 0. The minimum absolute atomic E-state index is 0.0491. The van der Waals surface area contributed by atoms with Crippen molar-refractivity contribution in [1.29, 1.82) is 5.26 Å². The van der Waals surface area contributed by atoms with Gasteiger partial charge >= 0.3 is 0 Å². The van der Waals surface area contributed by atoms with E-state index in [2.05, 4.69) is 128 Å². The van der Waals surface area contributed by atoms with Gasteiger partial charge in [0.05, 0.1) is 11.6 Å². The second-order valence-electron chi connectivity index (χ2n) is 13.3. The lowest BCUT2D eigenvalue weighted by atomic mass is 9.76. The second kappa shape index (κ2) is 10.3. The third kappa shape index (κ3) is 6.25. The summed E-state index contributed by atoms with van der Waals surface area (Å²) in [4.78, 5) is 0. The van der Waals surface area contributed by atoms with Crippen molar-refractivity contribution in [2.75, 3.05) is 0 Å². The fourth-order valence-corrected chi connectivity index (χ4v) is 5.03. The smallest absolute Gasteiger partial charge is 0.0991 e. The molecule has 0 N–H and O–H groups in total. The Morgan fingerprint density at radius 3 is 1.66 bits per heavy atom. The van der Waals surface area contributed by atoms with Crippen LogP contribution in [0.15, 0.2) is 91.0 Å². The van der Waals surface area contributed by atoms with Gasteiger partial charge in [-0.2, -0.15) is 5.26 Å². The van der Waals surface area contributed by atoms with Gasteiger partial charge < -0.3 is 0 Å². The molecule has 0 aromatic heterocycles. The quantitative estimate of drug-likeness (QED) is 0.268. The van der Waals surface area contributed by atoms with E-state index in [1.54, 1.807) is 0 Å². The third-order valence-electron chi connectivity index (χ3n) is 7.58. The highest BCUT2D eigenvalue weighted by Crippen LogP contribution is 2.35. The Kier molecular flexibility index (Phi) is 7.40. The second-order valence-corrected chi connectivity index (χ2v) is 13.3. The maximum atomic E-state index is 9.15. The fraction of sp³-hybridized carbons (Fsp3) is 0.324. The van der Waals surface area contributed by atoms with Crippen LogP contribution in [-0.4, -0.2) is 0 Å².